The summed E-state index contributed by atoms with van der Waals surface area (Å²) < 4.78 is 40.2. The van der Waals surface area contributed by atoms with Gasteiger partial charge in [0.2, 0.25) is 0 Å². The van der Waals surface area contributed by atoms with E-state index >= 15 is 0 Å². The third-order valence-corrected chi connectivity index (χ3v) is 8.48. The Kier molecular flexibility index (Phi) is 10.4. The smallest absolute Gasteiger partial charge is 0.264 e. The molecule has 0 unspecified atom stereocenters. The molecule has 224 valence electrons. The normalized spacial score (nSPS) is 11.4. The SMILES string of the molecule is CCOc1cc(/C=N\NC(=O)CN(c2ccc(C)cc2C)S(=O)(=O)c2ccc(C)cc2)ccc1OCc1cccc(Cl)c1. The molecule has 0 aliphatic rings. The van der Waals surface area contributed by atoms with E-state index in [-0.39, 0.29) is 4.90 Å². The monoisotopic (exact) mass is 619 g/mol. The van der Waals surface area contributed by atoms with Gasteiger partial charge in [-0.25, -0.2) is 13.8 Å². The maximum atomic E-state index is 13.7. The van der Waals surface area contributed by atoms with Gasteiger partial charge in [0, 0.05) is 5.02 Å². The molecule has 0 aromatic heterocycles. The molecule has 0 saturated heterocycles. The molecule has 4 rings (SSSR count). The highest BCUT2D eigenvalue weighted by molar-refractivity contribution is 7.92. The zero-order chi connectivity index (χ0) is 31.0. The van der Waals surface area contributed by atoms with E-state index in [1.54, 1.807) is 42.5 Å². The Labute approximate surface area is 258 Å². The summed E-state index contributed by atoms with van der Waals surface area (Å²) in [6, 6.07) is 24.6. The second kappa shape index (κ2) is 14.2. The summed E-state index contributed by atoms with van der Waals surface area (Å²) in [5.41, 5.74) is 7.08. The van der Waals surface area contributed by atoms with Gasteiger partial charge in [-0.1, -0.05) is 59.1 Å². The van der Waals surface area contributed by atoms with Gasteiger partial charge < -0.3 is 9.47 Å². The van der Waals surface area contributed by atoms with Crippen molar-refractivity contribution in [2.45, 2.75) is 39.2 Å². The van der Waals surface area contributed by atoms with E-state index in [0.717, 1.165) is 26.6 Å². The highest BCUT2D eigenvalue weighted by atomic mass is 35.5. The van der Waals surface area contributed by atoms with Crippen molar-refractivity contribution >= 4 is 39.4 Å². The molecule has 0 bridgehead atoms. The molecule has 0 saturated carbocycles. The molecule has 43 heavy (non-hydrogen) atoms. The number of carbonyl (C=O) groups excluding carboxylic acids is 1. The highest BCUT2D eigenvalue weighted by Gasteiger charge is 2.28. The first-order valence-electron chi connectivity index (χ1n) is 13.7. The minimum absolute atomic E-state index is 0.0931. The van der Waals surface area contributed by atoms with Gasteiger partial charge in [-0.3, -0.25) is 9.10 Å². The van der Waals surface area contributed by atoms with Gasteiger partial charge in [0.25, 0.3) is 15.9 Å². The molecule has 0 radical (unpaired) electrons. The van der Waals surface area contributed by atoms with Crippen molar-refractivity contribution in [3.05, 3.63) is 118 Å². The molecule has 1 amide bonds. The van der Waals surface area contributed by atoms with Crippen LogP contribution >= 0.6 is 11.6 Å². The topological polar surface area (TPSA) is 97.3 Å². The number of rotatable bonds is 12. The summed E-state index contributed by atoms with van der Waals surface area (Å²) in [6.45, 7) is 7.76. The Morgan fingerprint density at radius 3 is 2.35 bits per heavy atom. The van der Waals surface area contributed by atoms with Gasteiger partial charge in [-0.2, -0.15) is 5.10 Å². The Morgan fingerprint density at radius 2 is 1.65 bits per heavy atom. The average Bonchev–Trinajstić information content (AvgIpc) is 2.96. The molecule has 0 aliphatic heterocycles. The first-order valence-corrected chi connectivity index (χ1v) is 15.5. The van der Waals surface area contributed by atoms with Gasteiger partial charge in [-0.15, -0.1) is 0 Å². The van der Waals surface area contributed by atoms with Crippen LogP contribution in [0.2, 0.25) is 5.02 Å². The summed E-state index contributed by atoms with van der Waals surface area (Å²) in [7, 11) is -4.04. The molecule has 8 nitrogen and oxygen atoms in total. The van der Waals surface area contributed by atoms with Gasteiger partial charge in [0.15, 0.2) is 11.5 Å². The van der Waals surface area contributed by atoms with E-state index in [2.05, 4.69) is 10.5 Å². The lowest BCUT2D eigenvalue weighted by molar-refractivity contribution is -0.119. The molecule has 0 heterocycles. The number of carbonyl (C=O) groups is 1. The number of amides is 1. The zero-order valence-electron chi connectivity index (χ0n) is 24.5. The van der Waals surface area contributed by atoms with Crippen molar-refractivity contribution in [2.75, 3.05) is 17.5 Å². The van der Waals surface area contributed by atoms with E-state index in [0.29, 0.717) is 41.0 Å². The van der Waals surface area contributed by atoms with Gasteiger partial charge in [0.1, 0.15) is 13.2 Å². The summed E-state index contributed by atoms with van der Waals surface area (Å²) in [5.74, 6) is 0.469. The molecule has 10 heteroatoms. The Morgan fingerprint density at radius 1 is 0.907 bits per heavy atom. The molecule has 0 atom stereocenters. The zero-order valence-corrected chi connectivity index (χ0v) is 26.1. The van der Waals surface area contributed by atoms with E-state index in [9.17, 15) is 13.2 Å². The molecular weight excluding hydrogens is 586 g/mol. The van der Waals surface area contributed by atoms with E-state index in [1.807, 2.05) is 58.0 Å². The second-order valence-corrected chi connectivity index (χ2v) is 12.3. The van der Waals surface area contributed by atoms with Crippen molar-refractivity contribution in [1.29, 1.82) is 0 Å². The third-order valence-electron chi connectivity index (χ3n) is 6.47. The number of nitrogens with zero attached hydrogens (tertiary/aromatic N) is 2. The predicted molar refractivity (Wildman–Crippen MR) is 171 cm³/mol. The van der Waals surface area contributed by atoms with Gasteiger partial charge in [0.05, 0.1) is 23.4 Å². The summed E-state index contributed by atoms with van der Waals surface area (Å²) in [6.07, 6.45) is 1.46. The number of sulfonamides is 1. The van der Waals surface area contributed by atoms with Crippen molar-refractivity contribution in [3.8, 4) is 11.5 Å². The van der Waals surface area contributed by atoms with Crippen LogP contribution in [0, 0.1) is 20.8 Å². The van der Waals surface area contributed by atoms with Crippen LogP contribution in [-0.2, 0) is 21.4 Å². The van der Waals surface area contributed by atoms with Gasteiger partial charge in [-0.05, 0) is 92.9 Å². The number of aryl methyl sites for hydroxylation is 3. The molecule has 4 aromatic carbocycles. The first kappa shape index (κ1) is 31.6. The minimum atomic E-state index is -4.04. The lowest BCUT2D eigenvalue weighted by Crippen LogP contribution is -2.40. The van der Waals surface area contributed by atoms with E-state index in [1.165, 1.54) is 18.3 Å². The number of hydrogen-bond acceptors (Lipinski definition) is 6. The molecule has 0 fully saturated rings. The van der Waals surface area contributed by atoms with Crippen LogP contribution in [-0.4, -0.2) is 33.7 Å². The fourth-order valence-corrected chi connectivity index (χ4v) is 6.05. The number of halogens is 1. The van der Waals surface area contributed by atoms with Crippen LogP contribution in [0.15, 0.2) is 94.9 Å². The maximum Gasteiger partial charge on any atom is 0.264 e. The van der Waals surface area contributed by atoms with Crippen LogP contribution < -0.4 is 19.2 Å². The minimum Gasteiger partial charge on any atom is -0.490 e. The Balaban J connectivity index is 1.49. The van der Waals surface area contributed by atoms with Crippen molar-refractivity contribution in [1.82, 2.24) is 5.43 Å². The molecular formula is C33H34ClN3O5S. The number of ether oxygens (including phenoxy) is 2. The van der Waals surface area contributed by atoms with Crippen LogP contribution in [0.1, 0.15) is 34.7 Å². The predicted octanol–water partition coefficient (Wildman–Crippen LogP) is 6.59. The third kappa shape index (κ3) is 8.37. The van der Waals surface area contributed by atoms with Crippen LogP contribution in [0.3, 0.4) is 0 Å². The van der Waals surface area contributed by atoms with Gasteiger partial charge >= 0.3 is 0 Å². The van der Waals surface area contributed by atoms with Crippen molar-refractivity contribution in [2.24, 2.45) is 5.10 Å². The molecule has 1 N–H and O–H groups in total. The van der Waals surface area contributed by atoms with Crippen LogP contribution in [0.25, 0.3) is 0 Å². The Bertz CT molecular complexity index is 1720. The standard InChI is InChI=1S/C33H34ClN3O5S/c1-5-41-32-19-26(12-16-31(32)42-22-27-7-6-8-28(34)18-27)20-35-36-33(38)21-37(30-15-11-24(3)17-25(30)4)43(39,40)29-13-9-23(2)10-14-29/h6-20H,5,21-22H2,1-4H3,(H,36,38)/b35-20-. The van der Waals surface area contributed by atoms with Crippen LogP contribution in [0.4, 0.5) is 5.69 Å². The molecule has 0 aliphatic carbocycles. The lowest BCUT2D eigenvalue weighted by atomic mass is 10.1. The van der Waals surface area contributed by atoms with E-state index in [4.69, 9.17) is 21.1 Å². The molecule has 4 aromatic rings. The Hall–Kier alpha value is -4.34. The lowest BCUT2D eigenvalue weighted by Gasteiger charge is -2.25. The number of hydrazone groups is 1. The summed E-state index contributed by atoms with van der Waals surface area (Å²) in [5, 5.41) is 4.70. The highest BCUT2D eigenvalue weighted by Crippen LogP contribution is 2.30. The fourth-order valence-electron chi connectivity index (χ4n) is 4.35. The number of benzene rings is 4. The average molecular weight is 620 g/mol. The second-order valence-electron chi connectivity index (χ2n) is 9.97. The number of hydrogen-bond donors (Lipinski definition) is 1. The summed E-state index contributed by atoms with van der Waals surface area (Å²) >= 11 is 6.07. The summed E-state index contributed by atoms with van der Waals surface area (Å²) in [4.78, 5) is 13.1. The van der Waals surface area contributed by atoms with E-state index < -0.39 is 22.5 Å². The van der Waals surface area contributed by atoms with Crippen molar-refractivity contribution < 1.29 is 22.7 Å². The fraction of sp³-hybridized carbons (Fsp3) is 0.212. The number of nitrogens with one attached hydrogen (secondary N) is 1. The first-order chi connectivity index (χ1) is 20.6. The maximum absolute atomic E-state index is 13.7. The van der Waals surface area contributed by atoms with Crippen LogP contribution in [0.5, 0.6) is 11.5 Å². The molecule has 0 spiro atoms. The quantitative estimate of drug-likeness (QED) is 0.143. The number of anilines is 1. The van der Waals surface area contributed by atoms with Crippen molar-refractivity contribution in [3.63, 3.8) is 0 Å². The largest absolute Gasteiger partial charge is 0.490 e.